The van der Waals surface area contributed by atoms with E-state index in [0.29, 0.717) is 18.1 Å². The minimum atomic E-state index is -3.61. The van der Waals surface area contributed by atoms with E-state index in [1.807, 2.05) is 0 Å². The fourth-order valence-electron chi connectivity index (χ4n) is 1.46. The Kier molecular flexibility index (Phi) is 4.38. The lowest BCUT2D eigenvalue weighted by Gasteiger charge is -2.05. The van der Waals surface area contributed by atoms with Gasteiger partial charge in [-0.25, -0.2) is 13.4 Å². The number of sulfonamides is 1. The van der Waals surface area contributed by atoms with E-state index >= 15 is 0 Å². The molecule has 0 aliphatic carbocycles. The quantitative estimate of drug-likeness (QED) is 0.860. The van der Waals surface area contributed by atoms with Crippen molar-refractivity contribution in [2.24, 2.45) is 0 Å². The van der Waals surface area contributed by atoms with Gasteiger partial charge in [0.1, 0.15) is 5.82 Å². The number of aryl methyl sites for hydroxylation is 2. The Morgan fingerprint density at radius 1 is 1.32 bits per heavy atom. The number of rotatable bonds is 5. The zero-order valence-corrected chi connectivity index (χ0v) is 12.5. The van der Waals surface area contributed by atoms with Crippen LogP contribution in [0.4, 0.5) is 5.13 Å². The van der Waals surface area contributed by atoms with E-state index in [9.17, 15) is 8.42 Å². The van der Waals surface area contributed by atoms with Crippen molar-refractivity contribution < 1.29 is 8.42 Å². The number of hydrogen-bond acceptors (Lipinski definition) is 5. The number of halogens is 1. The van der Waals surface area contributed by atoms with Crippen molar-refractivity contribution in [3.05, 3.63) is 35.7 Å². The monoisotopic (exact) mass is 317 g/mol. The van der Waals surface area contributed by atoms with Crippen molar-refractivity contribution in [2.45, 2.75) is 18.2 Å². The van der Waals surface area contributed by atoms with Gasteiger partial charge in [-0.15, -0.1) is 11.6 Å². The van der Waals surface area contributed by atoms with Crippen LogP contribution in [-0.4, -0.2) is 23.7 Å². The van der Waals surface area contributed by atoms with Gasteiger partial charge in [0.15, 0.2) is 0 Å². The summed E-state index contributed by atoms with van der Waals surface area (Å²) in [4.78, 5) is 4.16. The smallest absolute Gasteiger partial charge is 0.253 e. The maximum Gasteiger partial charge on any atom is 0.263 e. The number of anilines is 1. The minimum Gasteiger partial charge on any atom is -0.253 e. The molecule has 0 bridgehead atoms. The first-order valence-corrected chi connectivity index (χ1v) is 8.28. The van der Waals surface area contributed by atoms with E-state index in [4.69, 9.17) is 11.6 Å². The minimum absolute atomic E-state index is 0.193. The van der Waals surface area contributed by atoms with Gasteiger partial charge in [0, 0.05) is 17.4 Å². The molecule has 2 aromatic rings. The van der Waals surface area contributed by atoms with Gasteiger partial charge < -0.3 is 0 Å². The van der Waals surface area contributed by atoms with E-state index in [1.165, 1.54) is 0 Å². The first kappa shape index (κ1) is 14.2. The van der Waals surface area contributed by atoms with Gasteiger partial charge in [-0.3, -0.25) is 4.72 Å². The van der Waals surface area contributed by atoms with Crippen LogP contribution < -0.4 is 4.72 Å². The topological polar surface area (TPSA) is 72.0 Å². The lowest BCUT2D eigenvalue weighted by atomic mass is 10.2. The van der Waals surface area contributed by atoms with Gasteiger partial charge in [-0.2, -0.15) is 4.37 Å². The van der Waals surface area contributed by atoms with Crippen LogP contribution in [0.2, 0.25) is 0 Å². The second-order valence-electron chi connectivity index (χ2n) is 3.84. The van der Waals surface area contributed by atoms with E-state index in [-0.39, 0.29) is 10.0 Å². The predicted molar refractivity (Wildman–Crippen MR) is 76.3 cm³/mol. The number of nitrogens with zero attached hydrogens (tertiary/aromatic N) is 2. The molecule has 1 aromatic carbocycles. The largest absolute Gasteiger partial charge is 0.263 e. The Bertz CT molecular complexity index is 653. The summed E-state index contributed by atoms with van der Waals surface area (Å²) in [6.45, 7) is 1.70. The summed E-state index contributed by atoms with van der Waals surface area (Å²) in [5.74, 6) is 1.05. The molecule has 0 aliphatic heterocycles. The molecule has 0 aliphatic rings. The van der Waals surface area contributed by atoms with Gasteiger partial charge in [0.05, 0.1) is 4.90 Å². The summed E-state index contributed by atoms with van der Waals surface area (Å²) in [6.07, 6.45) is 0.713. The predicted octanol–water partition coefficient (Wildman–Crippen LogP) is 2.43. The molecule has 0 fully saturated rings. The highest BCUT2D eigenvalue weighted by Gasteiger charge is 2.16. The van der Waals surface area contributed by atoms with Crippen molar-refractivity contribution in [2.75, 3.05) is 10.6 Å². The molecule has 0 unspecified atom stereocenters. The van der Waals surface area contributed by atoms with E-state index in [0.717, 1.165) is 17.1 Å². The second kappa shape index (κ2) is 5.85. The molecule has 0 amide bonds. The van der Waals surface area contributed by atoms with Gasteiger partial charge in [0.2, 0.25) is 5.13 Å². The van der Waals surface area contributed by atoms with Crippen molar-refractivity contribution in [1.29, 1.82) is 0 Å². The maximum atomic E-state index is 12.1. The van der Waals surface area contributed by atoms with Gasteiger partial charge in [0.25, 0.3) is 10.0 Å². The molecule has 2 rings (SSSR count). The molecule has 1 aromatic heterocycles. The molecule has 0 atom stereocenters. The average molecular weight is 318 g/mol. The second-order valence-corrected chi connectivity index (χ2v) is 6.65. The third-order valence-corrected chi connectivity index (χ3v) is 4.76. The van der Waals surface area contributed by atoms with E-state index in [1.54, 1.807) is 31.2 Å². The average Bonchev–Trinajstić information content (AvgIpc) is 2.75. The molecule has 0 radical (unpaired) electrons. The number of benzene rings is 1. The Morgan fingerprint density at radius 3 is 2.53 bits per heavy atom. The van der Waals surface area contributed by atoms with Gasteiger partial charge in [-0.1, -0.05) is 12.1 Å². The number of hydrogen-bond donors (Lipinski definition) is 1. The molecule has 8 heteroatoms. The van der Waals surface area contributed by atoms with Crippen LogP contribution in [-0.2, 0) is 16.4 Å². The van der Waals surface area contributed by atoms with Gasteiger partial charge >= 0.3 is 0 Å². The van der Waals surface area contributed by atoms with Crippen LogP contribution in [0.1, 0.15) is 11.4 Å². The fourth-order valence-corrected chi connectivity index (χ4v) is 3.47. The highest BCUT2D eigenvalue weighted by molar-refractivity contribution is 7.93. The lowest BCUT2D eigenvalue weighted by Crippen LogP contribution is -2.12. The highest BCUT2D eigenvalue weighted by Crippen LogP contribution is 2.18. The molecule has 5 nitrogen and oxygen atoms in total. The van der Waals surface area contributed by atoms with Crippen LogP contribution in [0.3, 0.4) is 0 Å². The molecular formula is C11H12ClN3O2S2. The van der Waals surface area contributed by atoms with Crippen LogP contribution in [0.15, 0.2) is 29.2 Å². The molecule has 0 saturated carbocycles. The molecule has 0 saturated heterocycles. The molecular weight excluding hydrogens is 306 g/mol. The van der Waals surface area contributed by atoms with E-state index < -0.39 is 10.0 Å². The van der Waals surface area contributed by atoms with Crippen LogP contribution in [0.25, 0.3) is 0 Å². The third kappa shape index (κ3) is 3.65. The highest BCUT2D eigenvalue weighted by atomic mass is 35.5. The van der Waals surface area contributed by atoms with Crippen LogP contribution >= 0.6 is 23.1 Å². The van der Waals surface area contributed by atoms with Crippen molar-refractivity contribution >= 4 is 38.3 Å². The normalized spacial score (nSPS) is 11.5. The molecule has 0 spiro atoms. The zero-order chi connectivity index (χ0) is 13.9. The third-order valence-electron chi connectivity index (χ3n) is 2.37. The summed E-state index contributed by atoms with van der Waals surface area (Å²) < 4.78 is 30.5. The summed E-state index contributed by atoms with van der Waals surface area (Å²) in [7, 11) is -3.61. The van der Waals surface area contributed by atoms with Crippen LogP contribution in [0.5, 0.6) is 0 Å². The van der Waals surface area contributed by atoms with Crippen molar-refractivity contribution in [1.82, 2.24) is 9.36 Å². The van der Waals surface area contributed by atoms with Crippen molar-refractivity contribution in [3.8, 4) is 0 Å². The fraction of sp³-hybridized carbons (Fsp3) is 0.273. The number of alkyl halides is 1. The number of aromatic nitrogens is 2. The standard InChI is InChI=1S/C11H12ClN3O2S2/c1-8-13-11(18-14-8)15-19(16,17)10-4-2-9(3-5-10)6-7-12/h2-5H,6-7H2,1H3,(H,13,14,15). The molecule has 102 valence electrons. The number of nitrogens with one attached hydrogen (secondary N) is 1. The van der Waals surface area contributed by atoms with Crippen molar-refractivity contribution in [3.63, 3.8) is 0 Å². The summed E-state index contributed by atoms with van der Waals surface area (Å²) >= 11 is 6.64. The molecule has 19 heavy (non-hydrogen) atoms. The summed E-state index contributed by atoms with van der Waals surface area (Å²) in [5.41, 5.74) is 1.00. The SMILES string of the molecule is Cc1nsc(NS(=O)(=O)c2ccc(CCCl)cc2)n1. The first-order chi connectivity index (χ1) is 9.01. The van der Waals surface area contributed by atoms with Crippen LogP contribution in [0, 0.1) is 6.92 Å². The Balaban J connectivity index is 2.19. The molecule has 1 heterocycles. The Hall–Kier alpha value is -1.18. The van der Waals surface area contributed by atoms with Gasteiger partial charge in [-0.05, 0) is 31.0 Å². The zero-order valence-electron chi connectivity index (χ0n) is 10.1. The lowest BCUT2D eigenvalue weighted by molar-refractivity contribution is 0.601. The maximum absolute atomic E-state index is 12.1. The molecule has 1 N–H and O–H groups in total. The summed E-state index contributed by atoms with van der Waals surface area (Å²) in [6, 6.07) is 6.61. The Labute approximate surface area is 120 Å². The first-order valence-electron chi connectivity index (χ1n) is 5.49. The van der Waals surface area contributed by atoms with E-state index in [2.05, 4.69) is 14.1 Å². The summed E-state index contributed by atoms with van der Waals surface area (Å²) in [5, 5.41) is 0.266. The Morgan fingerprint density at radius 2 is 2.00 bits per heavy atom.